The highest BCUT2D eigenvalue weighted by Crippen LogP contribution is 2.22. The van der Waals surface area contributed by atoms with Gasteiger partial charge in [-0.1, -0.05) is 50.6 Å². The van der Waals surface area contributed by atoms with E-state index in [0.29, 0.717) is 11.5 Å². The first-order chi connectivity index (χ1) is 7.37. The van der Waals surface area contributed by atoms with E-state index in [1.807, 2.05) is 0 Å². The minimum absolute atomic E-state index is 0.293. The molecule has 0 radical (unpaired) electrons. The van der Waals surface area contributed by atoms with Gasteiger partial charge in [0.15, 0.2) is 0 Å². The van der Waals surface area contributed by atoms with Crippen LogP contribution in [0.15, 0.2) is 24.3 Å². The van der Waals surface area contributed by atoms with Crippen LogP contribution in [0, 0.1) is 12.3 Å². The largest absolute Gasteiger partial charge is 0.327 e. The van der Waals surface area contributed by atoms with Crippen molar-refractivity contribution in [2.24, 2.45) is 11.1 Å². The summed E-state index contributed by atoms with van der Waals surface area (Å²) >= 11 is 0. The number of rotatable bonds is 4. The number of nitrogens with two attached hydrogens (primary N) is 1. The third-order valence-electron chi connectivity index (χ3n) is 2.85. The molecule has 0 aliphatic rings. The van der Waals surface area contributed by atoms with Crippen LogP contribution in [0.5, 0.6) is 0 Å². The van der Waals surface area contributed by atoms with Gasteiger partial charge in [0.05, 0.1) is 0 Å². The summed E-state index contributed by atoms with van der Waals surface area (Å²) < 4.78 is 0. The molecule has 90 valence electrons. The summed E-state index contributed by atoms with van der Waals surface area (Å²) in [5.41, 5.74) is 9.24. The van der Waals surface area contributed by atoms with Crippen molar-refractivity contribution in [2.75, 3.05) is 0 Å². The molecule has 1 atom stereocenters. The fourth-order valence-corrected chi connectivity index (χ4v) is 1.86. The Hall–Kier alpha value is -0.820. The van der Waals surface area contributed by atoms with Crippen LogP contribution in [0.3, 0.4) is 0 Å². The number of aryl methyl sites for hydroxylation is 1. The smallest absolute Gasteiger partial charge is 0.00795 e. The fourth-order valence-electron chi connectivity index (χ4n) is 1.86. The highest BCUT2D eigenvalue weighted by molar-refractivity contribution is 5.22. The lowest BCUT2D eigenvalue weighted by Crippen LogP contribution is -2.24. The summed E-state index contributed by atoms with van der Waals surface area (Å²) in [6.07, 6.45) is 3.30. The van der Waals surface area contributed by atoms with E-state index in [9.17, 15) is 0 Å². The molecule has 0 saturated heterocycles. The zero-order valence-corrected chi connectivity index (χ0v) is 11.1. The van der Waals surface area contributed by atoms with E-state index in [-0.39, 0.29) is 0 Å². The van der Waals surface area contributed by atoms with Crippen LogP contribution in [0.25, 0.3) is 0 Å². The molecule has 16 heavy (non-hydrogen) atoms. The number of benzene rings is 1. The van der Waals surface area contributed by atoms with Gasteiger partial charge in [-0.2, -0.15) is 0 Å². The first-order valence-electron chi connectivity index (χ1n) is 6.18. The molecule has 0 bridgehead atoms. The first kappa shape index (κ1) is 13.2. The average Bonchev–Trinajstić information content (AvgIpc) is 2.14. The molecule has 0 aliphatic carbocycles. The average molecular weight is 219 g/mol. The predicted octanol–water partition coefficient (Wildman–Crippen LogP) is 3.69. The molecule has 1 aromatic carbocycles. The van der Waals surface area contributed by atoms with Gasteiger partial charge in [-0.3, -0.25) is 0 Å². The van der Waals surface area contributed by atoms with Gasteiger partial charge in [0.1, 0.15) is 0 Å². The summed E-state index contributed by atoms with van der Waals surface area (Å²) in [7, 11) is 0. The van der Waals surface area contributed by atoms with Gasteiger partial charge >= 0.3 is 0 Å². The lowest BCUT2D eigenvalue weighted by molar-refractivity contribution is 0.347. The van der Waals surface area contributed by atoms with E-state index < -0.39 is 0 Å². The number of hydrogen-bond donors (Lipinski definition) is 1. The van der Waals surface area contributed by atoms with Crippen molar-refractivity contribution in [3.8, 4) is 0 Å². The van der Waals surface area contributed by atoms with E-state index in [4.69, 9.17) is 5.73 Å². The quantitative estimate of drug-likeness (QED) is 0.821. The molecule has 1 aromatic rings. The Morgan fingerprint density at radius 3 is 2.50 bits per heavy atom. The van der Waals surface area contributed by atoms with E-state index in [0.717, 1.165) is 12.8 Å². The Bertz CT molecular complexity index is 322. The zero-order chi connectivity index (χ0) is 12.2. The molecule has 0 saturated carbocycles. The third kappa shape index (κ3) is 5.32. The highest BCUT2D eigenvalue weighted by Gasteiger charge is 2.13. The van der Waals surface area contributed by atoms with Crippen LogP contribution in [0.4, 0.5) is 0 Å². The number of hydrogen-bond acceptors (Lipinski definition) is 1. The standard InChI is InChI=1S/C15H25N/c1-12-6-5-7-13(10-12)11-14(16)8-9-15(2,3)4/h5-7,10,14H,8-9,11,16H2,1-4H3. The van der Waals surface area contributed by atoms with Crippen LogP contribution in [0.2, 0.25) is 0 Å². The molecule has 1 unspecified atom stereocenters. The minimum Gasteiger partial charge on any atom is -0.327 e. The SMILES string of the molecule is Cc1cccc(CC(N)CCC(C)(C)C)c1. The monoisotopic (exact) mass is 219 g/mol. The summed E-state index contributed by atoms with van der Waals surface area (Å²) in [6.45, 7) is 8.94. The van der Waals surface area contributed by atoms with Crippen molar-refractivity contribution in [1.82, 2.24) is 0 Å². The molecular formula is C15H25N. The Morgan fingerprint density at radius 1 is 1.25 bits per heavy atom. The van der Waals surface area contributed by atoms with Gasteiger partial charge in [0, 0.05) is 6.04 Å². The first-order valence-corrected chi connectivity index (χ1v) is 6.18. The summed E-state index contributed by atoms with van der Waals surface area (Å²) in [4.78, 5) is 0. The van der Waals surface area contributed by atoms with E-state index in [2.05, 4.69) is 52.0 Å². The van der Waals surface area contributed by atoms with Gasteiger partial charge < -0.3 is 5.73 Å². The topological polar surface area (TPSA) is 26.0 Å². The maximum absolute atomic E-state index is 6.16. The molecule has 0 fully saturated rings. The second kappa shape index (κ2) is 5.49. The Labute approximate surface area is 100 Å². The molecule has 0 aromatic heterocycles. The van der Waals surface area contributed by atoms with E-state index in [1.165, 1.54) is 17.5 Å². The summed E-state index contributed by atoms with van der Waals surface area (Å²) in [5.74, 6) is 0. The maximum Gasteiger partial charge on any atom is 0.00795 e. The van der Waals surface area contributed by atoms with Crippen LogP contribution in [-0.4, -0.2) is 6.04 Å². The van der Waals surface area contributed by atoms with Gasteiger partial charge in [-0.25, -0.2) is 0 Å². The Morgan fingerprint density at radius 2 is 1.94 bits per heavy atom. The van der Waals surface area contributed by atoms with Crippen molar-refractivity contribution in [3.63, 3.8) is 0 Å². The Kier molecular flexibility index (Phi) is 4.55. The van der Waals surface area contributed by atoms with Gasteiger partial charge in [0.25, 0.3) is 0 Å². The summed E-state index contributed by atoms with van der Waals surface area (Å²) in [5, 5.41) is 0. The molecule has 0 heterocycles. The van der Waals surface area contributed by atoms with Crippen LogP contribution in [0.1, 0.15) is 44.7 Å². The molecule has 1 heteroatoms. The van der Waals surface area contributed by atoms with E-state index >= 15 is 0 Å². The van der Waals surface area contributed by atoms with Crippen LogP contribution < -0.4 is 5.73 Å². The molecule has 0 amide bonds. The molecule has 2 N–H and O–H groups in total. The molecular weight excluding hydrogens is 194 g/mol. The van der Waals surface area contributed by atoms with Crippen LogP contribution >= 0.6 is 0 Å². The normalized spacial score (nSPS) is 13.8. The van der Waals surface area contributed by atoms with Gasteiger partial charge in [-0.05, 0) is 37.2 Å². The van der Waals surface area contributed by atoms with Crippen molar-refractivity contribution < 1.29 is 0 Å². The van der Waals surface area contributed by atoms with Crippen LogP contribution in [-0.2, 0) is 6.42 Å². The lowest BCUT2D eigenvalue weighted by Gasteiger charge is -2.21. The maximum atomic E-state index is 6.16. The van der Waals surface area contributed by atoms with Crippen molar-refractivity contribution in [3.05, 3.63) is 35.4 Å². The molecule has 0 aliphatic heterocycles. The minimum atomic E-state index is 0.293. The van der Waals surface area contributed by atoms with Crippen molar-refractivity contribution in [2.45, 2.75) is 53.0 Å². The van der Waals surface area contributed by atoms with Crippen molar-refractivity contribution in [1.29, 1.82) is 0 Å². The van der Waals surface area contributed by atoms with Gasteiger partial charge in [-0.15, -0.1) is 0 Å². The molecule has 1 nitrogen and oxygen atoms in total. The highest BCUT2D eigenvalue weighted by atomic mass is 14.6. The third-order valence-corrected chi connectivity index (χ3v) is 2.85. The second-order valence-electron chi connectivity index (χ2n) is 6.05. The van der Waals surface area contributed by atoms with Crippen molar-refractivity contribution >= 4 is 0 Å². The molecule has 1 rings (SSSR count). The summed E-state index contributed by atoms with van der Waals surface area (Å²) in [6, 6.07) is 8.94. The fraction of sp³-hybridized carbons (Fsp3) is 0.600. The second-order valence-corrected chi connectivity index (χ2v) is 6.05. The molecule has 0 spiro atoms. The predicted molar refractivity (Wildman–Crippen MR) is 71.5 cm³/mol. The zero-order valence-electron chi connectivity index (χ0n) is 11.1. The van der Waals surface area contributed by atoms with Gasteiger partial charge in [0.2, 0.25) is 0 Å². The van der Waals surface area contributed by atoms with E-state index in [1.54, 1.807) is 0 Å². The lowest BCUT2D eigenvalue weighted by atomic mass is 9.87. The Balaban J connectivity index is 2.43.